The lowest BCUT2D eigenvalue weighted by Crippen LogP contribution is -2.29. The Morgan fingerprint density at radius 3 is 1.01 bits per heavy atom. The molecule has 0 aliphatic rings. The second-order valence-corrected chi connectivity index (χ2v) is 24.5. The molecule has 0 aliphatic heterocycles. The van der Waals surface area contributed by atoms with Crippen LogP contribution in [0.4, 0.5) is 0 Å². The summed E-state index contributed by atoms with van der Waals surface area (Å²) in [5.41, 5.74) is 5.40. The lowest BCUT2D eigenvalue weighted by Gasteiger charge is -2.19. The van der Waals surface area contributed by atoms with Crippen LogP contribution in [0.1, 0.15) is 335 Å². The average molecular weight is 1160 g/mol. The zero-order valence-corrected chi connectivity index (χ0v) is 53.9. The molecule has 0 bridgehead atoms. The predicted molar refractivity (Wildman–Crippen MR) is 349 cm³/mol. The van der Waals surface area contributed by atoms with Crippen molar-refractivity contribution in [2.24, 2.45) is 5.73 Å². The summed E-state index contributed by atoms with van der Waals surface area (Å²) >= 11 is 0. The van der Waals surface area contributed by atoms with Gasteiger partial charge in [-0.3, -0.25) is 18.6 Å². The molecular weight excluding hydrogens is 1030 g/mol. The molecule has 0 aliphatic carbocycles. The number of hydrogen-bond donors (Lipinski definition) is 2. The Bertz CT molecular complexity index is 1560. The zero-order chi connectivity index (χ0) is 58.7. The molecule has 0 aromatic carbocycles. The van der Waals surface area contributed by atoms with Gasteiger partial charge in [-0.15, -0.1) is 0 Å². The Hall–Kier alpha value is -2.55. The Morgan fingerprint density at radius 1 is 0.383 bits per heavy atom. The zero-order valence-electron chi connectivity index (χ0n) is 53.0. The molecule has 0 fully saturated rings. The first-order valence-electron chi connectivity index (χ1n) is 34.4. The van der Waals surface area contributed by atoms with Gasteiger partial charge in [0.1, 0.15) is 6.61 Å². The summed E-state index contributed by atoms with van der Waals surface area (Å²) < 4.78 is 33.2. The molecule has 2 atom stereocenters. The van der Waals surface area contributed by atoms with Crippen LogP contribution in [-0.4, -0.2) is 49.3 Å². The summed E-state index contributed by atoms with van der Waals surface area (Å²) in [6.45, 7) is 3.67. The lowest BCUT2D eigenvalue weighted by molar-refractivity contribution is -0.161. The van der Waals surface area contributed by atoms with E-state index in [9.17, 15) is 19.0 Å². The second-order valence-electron chi connectivity index (χ2n) is 23.0. The number of ether oxygens (including phenoxy) is 2. The summed E-state index contributed by atoms with van der Waals surface area (Å²) in [7, 11) is -4.39. The van der Waals surface area contributed by atoms with Crippen LogP contribution < -0.4 is 5.73 Å². The van der Waals surface area contributed by atoms with Crippen LogP contribution in [-0.2, 0) is 32.7 Å². The number of carbonyl (C=O) groups is 2. The van der Waals surface area contributed by atoms with E-state index in [1.54, 1.807) is 0 Å². The fourth-order valence-electron chi connectivity index (χ4n) is 10.0. The summed E-state index contributed by atoms with van der Waals surface area (Å²) in [5.74, 6) is -0.817. The summed E-state index contributed by atoms with van der Waals surface area (Å²) in [5, 5.41) is 0. The highest BCUT2D eigenvalue weighted by Crippen LogP contribution is 2.43. The number of rotatable bonds is 65. The van der Waals surface area contributed by atoms with E-state index >= 15 is 0 Å². The third-order valence-corrected chi connectivity index (χ3v) is 16.1. The molecule has 0 spiro atoms. The smallest absolute Gasteiger partial charge is 0.462 e. The second kappa shape index (κ2) is 66.6. The van der Waals surface area contributed by atoms with Crippen molar-refractivity contribution in [1.82, 2.24) is 0 Å². The quantitative estimate of drug-likeness (QED) is 0.0264. The Kier molecular flexibility index (Phi) is 64.5. The fraction of sp³-hybridized carbons (Fsp3) is 0.803. The van der Waals surface area contributed by atoms with Crippen molar-refractivity contribution in [3.05, 3.63) is 72.9 Å². The molecule has 0 amide bonds. The number of phosphoric acid groups is 1. The van der Waals surface area contributed by atoms with Gasteiger partial charge in [0.25, 0.3) is 0 Å². The number of phosphoric ester groups is 1. The molecule has 2 unspecified atom stereocenters. The van der Waals surface area contributed by atoms with Gasteiger partial charge in [0.05, 0.1) is 13.2 Å². The van der Waals surface area contributed by atoms with E-state index in [0.717, 1.165) is 70.6 Å². The molecule has 0 saturated carbocycles. The maximum atomic E-state index is 12.7. The molecule has 0 aromatic rings. The maximum absolute atomic E-state index is 12.7. The first-order chi connectivity index (χ1) is 39.8. The van der Waals surface area contributed by atoms with E-state index < -0.39 is 26.5 Å². The minimum atomic E-state index is -4.39. The van der Waals surface area contributed by atoms with Gasteiger partial charge in [-0.2, -0.15) is 0 Å². The molecule has 0 aromatic heterocycles. The topological polar surface area (TPSA) is 134 Å². The summed E-state index contributed by atoms with van der Waals surface area (Å²) in [4.78, 5) is 35.3. The molecule has 0 saturated heterocycles. The van der Waals surface area contributed by atoms with Crippen molar-refractivity contribution in [3.63, 3.8) is 0 Å². The maximum Gasteiger partial charge on any atom is 0.472 e. The van der Waals surface area contributed by atoms with Crippen molar-refractivity contribution in [2.75, 3.05) is 26.4 Å². The SMILES string of the molecule is CC/C=C\C/C=C\C/C=C\C/C=C\CCCCCCCCCCCCCCC(=O)OC(COC(=O)CCCCCCCCCCCCCCCCCCCCCCCCC/C=C\C/C=C\CCCCCCC)COP(=O)(O)OCCN. The van der Waals surface area contributed by atoms with Crippen LogP contribution in [0.2, 0.25) is 0 Å². The van der Waals surface area contributed by atoms with E-state index in [-0.39, 0.29) is 38.6 Å². The van der Waals surface area contributed by atoms with E-state index in [1.165, 1.54) is 231 Å². The first-order valence-corrected chi connectivity index (χ1v) is 35.9. The Morgan fingerprint density at radius 2 is 0.679 bits per heavy atom. The van der Waals surface area contributed by atoms with Crippen molar-refractivity contribution < 1.29 is 37.6 Å². The molecule has 0 radical (unpaired) electrons. The standard InChI is InChI=1S/C71H130NO8P/c1-3-5-7-9-11-13-15-17-19-21-23-25-27-29-30-31-32-33-34-35-36-37-38-40-41-43-45-47-49-51-53-55-57-59-61-63-70(73)77-67-69(68-79-81(75,76)78-66-65-72)80-71(74)64-62-60-58-56-54-52-50-48-46-44-42-39-28-26-24-22-20-18-16-14-12-10-8-6-4-2/h6,8,12,14-15,17-18,20-21,23-24,26,69H,3-5,7,9-11,13,16,19,22,25,27-68,72H2,1-2H3,(H,75,76)/b8-6-,14-12-,17-15-,20-18-,23-21-,26-24-. The minimum absolute atomic E-state index is 0.0525. The highest BCUT2D eigenvalue weighted by atomic mass is 31.2. The van der Waals surface area contributed by atoms with Crippen LogP contribution in [0, 0.1) is 0 Å². The third-order valence-electron chi connectivity index (χ3n) is 15.1. The first kappa shape index (κ1) is 78.5. The summed E-state index contributed by atoms with van der Waals surface area (Å²) in [6, 6.07) is 0. The molecule has 472 valence electrons. The number of carbonyl (C=O) groups excluding carboxylic acids is 2. The molecule has 0 heterocycles. The van der Waals surface area contributed by atoms with Gasteiger partial charge in [0.15, 0.2) is 6.10 Å². The van der Waals surface area contributed by atoms with Crippen molar-refractivity contribution >= 4 is 19.8 Å². The minimum Gasteiger partial charge on any atom is -0.462 e. The molecule has 0 rings (SSSR count). The molecule has 9 nitrogen and oxygen atoms in total. The lowest BCUT2D eigenvalue weighted by atomic mass is 10.0. The normalized spacial score (nSPS) is 13.4. The number of nitrogens with two attached hydrogens (primary N) is 1. The average Bonchev–Trinajstić information content (AvgIpc) is 3.46. The van der Waals surface area contributed by atoms with Gasteiger partial charge >= 0.3 is 19.8 Å². The van der Waals surface area contributed by atoms with E-state index in [4.69, 9.17) is 24.3 Å². The number of hydrogen-bond acceptors (Lipinski definition) is 8. The third kappa shape index (κ3) is 66.5. The van der Waals surface area contributed by atoms with Crippen molar-refractivity contribution in [1.29, 1.82) is 0 Å². The van der Waals surface area contributed by atoms with Crippen LogP contribution in [0.15, 0.2) is 72.9 Å². The van der Waals surface area contributed by atoms with E-state index in [0.29, 0.717) is 6.42 Å². The van der Waals surface area contributed by atoms with E-state index in [1.807, 2.05) is 0 Å². The van der Waals surface area contributed by atoms with Gasteiger partial charge in [0, 0.05) is 19.4 Å². The highest BCUT2D eigenvalue weighted by Gasteiger charge is 2.26. The number of esters is 2. The van der Waals surface area contributed by atoms with Gasteiger partial charge < -0.3 is 20.1 Å². The van der Waals surface area contributed by atoms with Gasteiger partial charge in [0.2, 0.25) is 0 Å². The molecule has 3 N–H and O–H groups in total. The molecule has 81 heavy (non-hydrogen) atoms. The monoisotopic (exact) mass is 1160 g/mol. The Balaban J connectivity index is 3.83. The van der Waals surface area contributed by atoms with Crippen LogP contribution in [0.3, 0.4) is 0 Å². The molecular formula is C71H130NO8P. The molecule has 10 heteroatoms. The van der Waals surface area contributed by atoms with Gasteiger partial charge in [-0.1, -0.05) is 311 Å². The van der Waals surface area contributed by atoms with Crippen molar-refractivity contribution in [2.45, 2.75) is 341 Å². The Labute approximate surface area is 501 Å². The summed E-state index contributed by atoms with van der Waals surface area (Å²) in [6.07, 6.45) is 87.1. The van der Waals surface area contributed by atoms with Crippen LogP contribution >= 0.6 is 7.82 Å². The van der Waals surface area contributed by atoms with Crippen LogP contribution in [0.5, 0.6) is 0 Å². The van der Waals surface area contributed by atoms with Crippen LogP contribution in [0.25, 0.3) is 0 Å². The van der Waals surface area contributed by atoms with Gasteiger partial charge in [-0.25, -0.2) is 4.57 Å². The predicted octanol–water partition coefficient (Wildman–Crippen LogP) is 22.4. The highest BCUT2D eigenvalue weighted by molar-refractivity contribution is 7.47. The van der Waals surface area contributed by atoms with Gasteiger partial charge in [-0.05, 0) is 83.5 Å². The van der Waals surface area contributed by atoms with E-state index in [2.05, 4.69) is 86.8 Å². The fourth-order valence-corrected chi connectivity index (χ4v) is 10.8. The number of unbranched alkanes of at least 4 members (excludes halogenated alkanes) is 40. The number of allylic oxidation sites excluding steroid dienone is 12. The largest absolute Gasteiger partial charge is 0.472 e. The van der Waals surface area contributed by atoms with Crippen molar-refractivity contribution in [3.8, 4) is 0 Å².